The number of likely N-dealkylation sites (N-methyl/N-ethyl adjacent to an activating group) is 1. The van der Waals surface area contributed by atoms with Crippen LogP contribution in [-0.2, 0) is 4.74 Å². The van der Waals surface area contributed by atoms with Crippen LogP contribution in [-0.4, -0.2) is 64.4 Å². The number of aromatic nitrogens is 3. The number of hydrogen-bond donors (Lipinski definition) is 2. The third kappa shape index (κ3) is 4.90. The predicted octanol–water partition coefficient (Wildman–Crippen LogP) is 4.75. The number of nitrogens with zero attached hydrogens (tertiary/aromatic N) is 3. The number of aromatic amines is 1. The van der Waals surface area contributed by atoms with Gasteiger partial charge in [0.05, 0.1) is 36.2 Å². The van der Waals surface area contributed by atoms with Gasteiger partial charge in [-0.2, -0.15) is 5.10 Å². The summed E-state index contributed by atoms with van der Waals surface area (Å²) in [5.74, 6) is 1.22. The van der Waals surface area contributed by atoms with E-state index in [0.29, 0.717) is 23.6 Å². The van der Waals surface area contributed by atoms with Crippen molar-refractivity contribution in [2.45, 2.75) is 49.9 Å². The zero-order valence-corrected chi connectivity index (χ0v) is 22.0. The average Bonchev–Trinajstić information content (AvgIpc) is 3.71. The predicted molar refractivity (Wildman–Crippen MR) is 149 cm³/mol. The Labute approximate surface area is 227 Å². The zero-order valence-electron chi connectivity index (χ0n) is 22.0. The first-order valence-electron chi connectivity index (χ1n) is 13.9. The van der Waals surface area contributed by atoms with Crippen LogP contribution in [0.4, 0.5) is 0 Å². The van der Waals surface area contributed by atoms with Crippen LogP contribution in [0.15, 0.2) is 66.9 Å². The van der Waals surface area contributed by atoms with E-state index in [1.165, 1.54) is 0 Å². The molecule has 0 radical (unpaired) electrons. The molecule has 8 nitrogen and oxygen atoms in total. The van der Waals surface area contributed by atoms with Gasteiger partial charge in [0.2, 0.25) is 0 Å². The van der Waals surface area contributed by atoms with Gasteiger partial charge in [0.1, 0.15) is 11.9 Å². The number of piperidine rings is 1. The molecule has 1 aliphatic carbocycles. The fourth-order valence-electron chi connectivity index (χ4n) is 6.05. The van der Waals surface area contributed by atoms with E-state index in [0.717, 1.165) is 72.5 Å². The molecule has 0 spiro atoms. The minimum Gasteiger partial charge on any atom is -0.490 e. The monoisotopic (exact) mass is 523 g/mol. The molecule has 4 heterocycles. The number of benzene rings is 2. The van der Waals surface area contributed by atoms with Gasteiger partial charge in [-0.1, -0.05) is 6.07 Å². The number of H-pyrrole nitrogens is 1. The summed E-state index contributed by atoms with van der Waals surface area (Å²) in [6, 6.07) is 20.5. The maximum atomic E-state index is 13.3. The van der Waals surface area contributed by atoms with Crippen LogP contribution in [0.25, 0.3) is 22.2 Å². The standard InChI is InChI=1S/C31H33N5O3/c1-36-22-15-25(16-23(36)18-38-17-22)39-24-10-7-19(8-11-24)29-26-14-21(9-12-27(26)34-35-29)31(37)33-30(20-5-6-20)28-4-2-3-13-32-28/h2-4,7-14,20,22-23,25,30H,5-6,15-18H2,1H3,(H,33,37)(H,34,35)/t22?,23?,25?,30-/m0/s1. The Morgan fingerprint density at radius 2 is 1.87 bits per heavy atom. The number of nitrogens with one attached hydrogen (secondary N) is 2. The van der Waals surface area contributed by atoms with Gasteiger partial charge >= 0.3 is 0 Å². The van der Waals surface area contributed by atoms with Crippen LogP contribution in [0.3, 0.4) is 0 Å². The summed E-state index contributed by atoms with van der Waals surface area (Å²) >= 11 is 0. The third-order valence-corrected chi connectivity index (χ3v) is 8.48. The van der Waals surface area contributed by atoms with Crippen molar-refractivity contribution in [2.75, 3.05) is 20.3 Å². The lowest BCUT2D eigenvalue weighted by atomic mass is 9.92. The molecule has 2 N–H and O–H groups in total. The Morgan fingerprint density at radius 1 is 1.08 bits per heavy atom. The molecule has 2 bridgehead atoms. The lowest BCUT2D eigenvalue weighted by Gasteiger charge is -2.46. The molecule has 2 aromatic heterocycles. The number of fused-ring (bicyclic) bond motifs is 3. The van der Waals surface area contributed by atoms with E-state index in [1.807, 2.05) is 60.7 Å². The molecule has 1 saturated carbocycles. The highest BCUT2D eigenvalue weighted by molar-refractivity contribution is 6.01. The van der Waals surface area contributed by atoms with Crippen molar-refractivity contribution < 1.29 is 14.3 Å². The van der Waals surface area contributed by atoms with E-state index in [9.17, 15) is 4.79 Å². The highest BCUT2D eigenvalue weighted by Gasteiger charge is 2.38. The van der Waals surface area contributed by atoms with E-state index in [1.54, 1.807) is 6.20 Å². The molecule has 8 heteroatoms. The Bertz CT molecular complexity index is 1450. The highest BCUT2D eigenvalue weighted by atomic mass is 16.5. The fraction of sp³-hybridized carbons (Fsp3) is 0.387. The lowest BCUT2D eigenvalue weighted by Crippen LogP contribution is -2.57. The molecule has 200 valence electrons. The maximum absolute atomic E-state index is 13.3. The van der Waals surface area contributed by atoms with Gasteiger partial charge in [-0.15, -0.1) is 0 Å². The minimum atomic E-state index is -0.0938. The molecule has 2 aromatic carbocycles. The largest absolute Gasteiger partial charge is 0.490 e. The zero-order chi connectivity index (χ0) is 26.3. The summed E-state index contributed by atoms with van der Waals surface area (Å²) in [6.07, 6.45) is 6.16. The lowest BCUT2D eigenvalue weighted by molar-refractivity contribution is -0.0879. The van der Waals surface area contributed by atoms with Crippen molar-refractivity contribution in [3.8, 4) is 17.0 Å². The Hall–Kier alpha value is -3.75. The summed E-state index contributed by atoms with van der Waals surface area (Å²) in [7, 11) is 2.19. The van der Waals surface area contributed by atoms with Crippen molar-refractivity contribution in [3.63, 3.8) is 0 Å². The van der Waals surface area contributed by atoms with Gasteiger partial charge in [0.15, 0.2) is 0 Å². The van der Waals surface area contributed by atoms with E-state index in [4.69, 9.17) is 9.47 Å². The second-order valence-corrected chi connectivity index (χ2v) is 11.1. The normalized spacial score (nSPS) is 23.9. The van der Waals surface area contributed by atoms with Crippen molar-refractivity contribution in [2.24, 2.45) is 5.92 Å². The molecule has 2 aliphatic heterocycles. The molecular formula is C31H33N5O3. The van der Waals surface area contributed by atoms with E-state index in [2.05, 4.69) is 32.4 Å². The summed E-state index contributed by atoms with van der Waals surface area (Å²) in [5, 5.41) is 11.8. The number of ether oxygens (including phenoxy) is 2. The molecule has 2 saturated heterocycles. The number of morpholine rings is 1. The topological polar surface area (TPSA) is 92.4 Å². The SMILES string of the molecule is CN1C2COCC1CC(Oc1ccc(-c3n[nH]c4ccc(C(=O)N[C@H](c5ccccn5)C5CC5)cc34)cc1)C2. The van der Waals surface area contributed by atoms with E-state index in [-0.39, 0.29) is 18.1 Å². The summed E-state index contributed by atoms with van der Waals surface area (Å²) in [4.78, 5) is 20.2. The number of carbonyl (C=O) groups is 1. The van der Waals surface area contributed by atoms with Gasteiger partial charge in [0, 0.05) is 47.6 Å². The van der Waals surface area contributed by atoms with E-state index < -0.39 is 0 Å². The van der Waals surface area contributed by atoms with Crippen molar-refractivity contribution in [3.05, 3.63) is 78.1 Å². The van der Waals surface area contributed by atoms with Gasteiger partial charge in [-0.05, 0) is 80.4 Å². The number of carbonyl (C=O) groups excluding carboxylic acids is 1. The quantitative estimate of drug-likeness (QED) is 0.363. The van der Waals surface area contributed by atoms with Crippen molar-refractivity contribution in [1.29, 1.82) is 0 Å². The summed E-state index contributed by atoms with van der Waals surface area (Å²) in [5.41, 5.74) is 4.22. The highest BCUT2D eigenvalue weighted by Crippen LogP contribution is 2.40. The first kappa shape index (κ1) is 24.3. The average molecular weight is 524 g/mol. The van der Waals surface area contributed by atoms with Crippen LogP contribution >= 0.6 is 0 Å². The van der Waals surface area contributed by atoms with Crippen LogP contribution in [0, 0.1) is 5.92 Å². The molecule has 3 aliphatic rings. The number of pyridine rings is 1. The fourth-order valence-corrected chi connectivity index (χ4v) is 6.05. The second kappa shape index (κ2) is 10.1. The first-order valence-corrected chi connectivity index (χ1v) is 13.9. The Balaban J connectivity index is 1.08. The molecule has 1 amide bonds. The number of rotatable bonds is 7. The Morgan fingerprint density at radius 3 is 2.59 bits per heavy atom. The van der Waals surface area contributed by atoms with Gasteiger partial charge in [-0.3, -0.25) is 19.8 Å². The van der Waals surface area contributed by atoms with Crippen LogP contribution in [0.5, 0.6) is 5.75 Å². The van der Waals surface area contributed by atoms with E-state index >= 15 is 0 Å². The number of hydrogen-bond acceptors (Lipinski definition) is 6. The summed E-state index contributed by atoms with van der Waals surface area (Å²) < 4.78 is 12.1. The van der Waals surface area contributed by atoms with Gasteiger partial charge in [0.25, 0.3) is 5.91 Å². The first-order chi connectivity index (χ1) is 19.1. The Kier molecular flexibility index (Phi) is 6.29. The number of amides is 1. The molecule has 3 atom stereocenters. The van der Waals surface area contributed by atoms with Crippen molar-refractivity contribution in [1.82, 2.24) is 25.4 Å². The molecule has 7 rings (SSSR count). The van der Waals surface area contributed by atoms with Gasteiger partial charge < -0.3 is 14.8 Å². The second-order valence-electron chi connectivity index (χ2n) is 11.1. The molecule has 2 unspecified atom stereocenters. The molecule has 3 fully saturated rings. The van der Waals surface area contributed by atoms with Crippen LogP contribution < -0.4 is 10.1 Å². The smallest absolute Gasteiger partial charge is 0.251 e. The van der Waals surface area contributed by atoms with Crippen molar-refractivity contribution >= 4 is 16.8 Å². The molecular weight excluding hydrogens is 490 g/mol. The molecule has 4 aromatic rings. The molecule has 39 heavy (non-hydrogen) atoms. The van der Waals surface area contributed by atoms with Crippen LogP contribution in [0.1, 0.15) is 47.8 Å². The van der Waals surface area contributed by atoms with Crippen LogP contribution in [0.2, 0.25) is 0 Å². The minimum absolute atomic E-state index is 0.0672. The summed E-state index contributed by atoms with van der Waals surface area (Å²) in [6.45, 7) is 1.56. The third-order valence-electron chi connectivity index (χ3n) is 8.48. The van der Waals surface area contributed by atoms with Gasteiger partial charge in [-0.25, -0.2) is 0 Å². The maximum Gasteiger partial charge on any atom is 0.251 e.